The molecule has 0 aromatic carbocycles. The van der Waals surface area contributed by atoms with Crippen molar-refractivity contribution in [2.45, 2.75) is 13.8 Å². The lowest BCUT2D eigenvalue weighted by molar-refractivity contribution is -0.120. The van der Waals surface area contributed by atoms with Gasteiger partial charge in [-0.2, -0.15) is 5.12 Å². The van der Waals surface area contributed by atoms with Gasteiger partial charge in [0.25, 0.3) is 5.91 Å². The molecule has 0 saturated carbocycles. The first-order valence-electron chi connectivity index (χ1n) is 8.60. The quantitative estimate of drug-likeness (QED) is 0.735. The van der Waals surface area contributed by atoms with Crippen LogP contribution in [0.25, 0.3) is 0 Å². The topological polar surface area (TPSA) is 63.2 Å². The number of nitrogens with one attached hydrogen (secondary N) is 2. The fourth-order valence-corrected chi connectivity index (χ4v) is 3.40. The van der Waals surface area contributed by atoms with Crippen LogP contribution >= 0.6 is 0 Å². The number of amidine groups is 1. The Labute approximate surface area is 149 Å². The normalized spacial score (nSPS) is 27.9. The van der Waals surface area contributed by atoms with Gasteiger partial charge in [-0.05, 0) is 18.4 Å². The molecule has 3 rings (SSSR count). The first-order valence-corrected chi connectivity index (χ1v) is 8.60. The number of allylic oxidation sites excluding steroid dienone is 3. The zero-order valence-corrected chi connectivity index (χ0v) is 15.1. The second-order valence-electron chi connectivity index (χ2n) is 6.66. The molecule has 0 aliphatic carbocycles. The molecule has 7 heteroatoms. The maximum absolute atomic E-state index is 12.3. The molecule has 3 heterocycles. The average Bonchev–Trinajstić information content (AvgIpc) is 3.15. The molecule has 0 aromatic heterocycles. The highest BCUT2D eigenvalue weighted by molar-refractivity contribution is 6.08. The molecule has 134 valence electrons. The summed E-state index contributed by atoms with van der Waals surface area (Å²) in [6.07, 6.45) is 9.69. The fraction of sp³-hybridized carbons (Fsp3) is 0.444. The van der Waals surface area contributed by atoms with Gasteiger partial charge in [0.1, 0.15) is 5.84 Å². The Bertz CT molecular complexity index is 677. The number of carbonyl (C=O) groups excluding carboxylic acids is 1. The van der Waals surface area contributed by atoms with Crippen molar-refractivity contribution >= 4 is 11.7 Å². The molecular formula is C18H26N6O. The van der Waals surface area contributed by atoms with Crippen LogP contribution < -0.4 is 10.7 Å². The van der Waals surface area contributed by atoms with Crippen molar-refractivity contribution in [2.24, 2.45) is 16.9 Å². The molecule has 0 radical (unpaired) electrons. The van der Waals surface area contributed by atoms with Crippen LogP contribution in [0.2, 0.25) is 0 Å². The lowest BCUT2D eigenvalue weighted by Gasteiger charge is -2.30. The van der Waals surface area contributed by atoms with Gasteiger partial charge in [-0.1, -0.05) is 37.8 Å². The molecule has 2 atom stereocenters. The van der Waals surface area contributed by atoms with Crippen molar-refractivity contribution in [3.05, 3.63) is 48.4 Å². The summed E-state index contributed by atoms with van der Waals surface area (Å²) < 4.78 is 0. The SMILES string of the molecule is C=C/C(=C\C=C/C)CN1CC(C)C(C2=NN3C(=CNN3C)C(=O)N2)C1. The van der Waals surface area contributed by atoms with Gasteiger partial charge >= 0.3 is 0 Å². The van der Waals surface area contributed by atoms with Crippen LogP contribution in [-0.4, -0.2) is 53.6 Å². The number of rotatable bonds is 5. The predicted molar refractivity (Wildman–Crippen MR) is 98.6 cm³/mol. The second kappa shape index (κ2) is 7.25. The van der Waals surface area contributed by atoms with E-state index in [1.54, 1.807) is 16.4 Å². The smallest absolute Gasteiger partial charge is 0.278 e. The minimum absolute atomic E-state index is 0.118. The van der Waals surface area contributed by atoms with Crippen molar-refractivity contribution in [1.29, 1.82) is 0 Å². The lowest BCUT2D eigenvalue weighted by atomic mass is 9.96. The summed E-state index contributed by atoms with van der Waals surface area (Å²) in [6, 6.07) is 0. The zero-order chi connectivity index (χ0) is 18.0. The summed E-state index contributed by atoms with van der Waals surface area (Å²) in [5, 5.41) is 10.9. The average molecular weight is 342 g/mol. The van der Waals surface area contributed by atoms with E-state index in [9.17, 15) is 4.79 Å². The van der Waals surface area contributed by atoms with Gasteiger partial charge in [-0.3, -0.25) is 9.69 Å². The second-order valence-corrected chi connectivity index (χ2v) is 6.66. The molecule has 0 bridgehead atoms. The molecular weight excluding hydrogens is 316 g/mol. The molecule has 2 N–H and O–H groups in total. The highest BCUT2D eigenvalue weighted by atomic mass is 16.2. The van der Waals surface area contributed by atoms with E-state index in [-0.39, 0.29) is 11.8 Å². The Hall–Kier alpha value is -2.38. The summed E-state index contributed by atoms with van der Waals surface area (Å²) in [7, 11) is 1.83. The molecule has 3 aliphatic rings. The number of nitrogens with zero attached hydrogens (tertiary/aromatic N) is 4. The van der Waals surface area contributed by atoms with Crippen LogP contribution in [0.3, 0.4) is 0 Å². The number of carbonyl (C=O) groups is 1. The van der Waals surface area contributed by atoms with Gasteiger partial charge in [0, 0.05) is 38.8 Å². The van der Waals surface area contributed by atoms with E-state index in [0.717, 1.165) is 25.5 Å². The maximum atomic E-state index is 12.3. The van der Waals surface area contributed by atoms with Gasteiger partial charge in [0.2, 0.25) is 0 Å². The number of amides is 1. The van der Waals surface area contributed by atoms with Crippen molar-refractivity contribution < 1.29 is 4.79 Å². The molecule has 2 unspecified atom stereocenters. The number of hydrazone groups is 1. The highest BCUT2D eigenvalue weighted by Gasteiger charge is 2.39. The molecule has 1 fully saturated rings. The van der Waals surface area contributed by atoms with E-state index in [4.69, 9.17) is 0 Å². The summed E-state index contributed by atoms with van der Waals surface area (Å²) >= 11 is 0. The minimum Gasteiger partial charge on any atom is -0.307 e. The number of fused-ring (bicyclic) bond motifs is 1. The fourth-order valence-electron chi connectivity index (χ4n) is 3.40. The van der Waals surface area contributed by atoms with Crippen LogP contribution in [0, 0.1) is 11.8 Å². The predicted octanol–water partition coefficient (Wildman–Crippen LogP) is 1.19. The van der Waals surface area contributed by atoms with Gasteiger partial charge in [-0.15, -0.1) is 10.2 Å². The Balaban J connectivity index is 1.72. The van der Waals surface area contributed by atoms with Gasteiger partial charge < -0.3 is 10.7 Å². The van der Waals surface area contributed by atoms with Crippen LogP contribution in [0.5, 0.6) is 0 Å². The number of hydrogen-bond donors (Lipinski definition) is 2. The summed E-state index contributed by atoms with van der Waals surface area (Å²) in [5.74, 6) is 1.24. The standard InChI is InChI=1S/C18H26N6O/c1-5-7-8-14(6-2)11-23-10-13(3)15(12-23)17-20-18(25)16-9-19-22(4)24(16)21-17/h5-9,13,15,19H,2,10-12H2,1,3-4H3,(H,20,21,25)/b7-5-,14-8+. The minimum atomic E-state index is -0.118. The van der Waals surface area contributed by atoms with E-state index in [1.807, 2.05) is 32.2 Å². The largest absolute Gasteiger partial charge is 0.307 e. The molecule has 1 saturated heterocycles. The molecule has 0 spiro atoms. The van der Waals surface area contributed by atoms with Gasteiger partial charge in [-0.25, -0.2) is 0 Å². The van der Waals surface area contributed by atoms with Crippen LogP contribution in [0.15, 0.2) is 53.5 Å². The first kappa shape index (κ1) is 17.4. The Morgan fingerprint density at radius 1 is 1.48 bits per heavy atom. The molecule has 25 heavy (non-hydrogen) atoms. The van der Waals surface area contributed by atoms with E-state index >= 15 is 0 Å². The third-order valence-electron chi connectivity index (χ3n) is 4.77. The van der Waals surface area contributed by atoms with E-state index in [2.05, 4.69) is 40.3 Å². The zero-order valence-electron chi connectivity index (χ0n) is 15.1. The van der Waals surface area contributed by atoms with Crippen molar-refractivity contribution in [3.8, 4) is 0 Å². The molecule has 0 aromatic rings. The summed E-state index contributed by atoms with van der Waals surface area (Å²) in [4.78, 5) is 14.7. The molecule has 3 aliphatic heterocycles. The maximum Gasteiger partial charge on any atom is 0.278 e. The third-order valence-corrected chi connectivity index (χ3v) is 4.77. The molecule has 1 amide bonds. The lowest BCUT2D eigenvalue weighted by Crippen LogP contribution is -2.50. The van der Waals surface area contributed by atoms with Gasteiger partial charge in [0.15, 0.2) is 5.70 Å². The van der Waals surface area contributed by atoms with E-state index in [1.165, 1.54) is 5.57 Å². The molecule has 7 nitrogen and oxygen atoms in total. The van der Waals surface area contributed by atoms with Crippen molar-refractivity contribution in [2.75, 3.05) is 26.7 Å². The summed E-state index contributed by atoms with van der Waals surface area (Å²) in [6.45, 7) is 10.8. The number of likely N-dealkylation sites (tertiary alicyclic amines) is 1. The first-order chi connectivity index (χ1) is 12.0. The number of hydrogen-bond acceptors (Lipinski definition) is 6. The van der Waals surface area contributed by atoms with Crippen LogP contribution in [0.4, 0.5) is 0 Å². The Morgan fingerprint density at radius 2 is 2.28 bits per heavy atom. The van der Waals surface area contributed by atoms with Gasteiger partial charge in [0.05, 0.1) is 0 Å². The van der Waals surface area contributed by atoms with Crippen molar-refractivity contribution in [1.82, 2.24) is 25.9 Å². The summed E-state index contributed by atoms with van der Waals surface area (Å²) in [5.41, 5.74) is 4.67. The Kier molecular flexibility index (Phi) is 5.06. The van der Waals surface area contributed by atoms with E-state index in [0.29, 0.717) is 11.6 Å². The monoisotopic (exact) mass is 342 g/mol. The Morgan fingerprint density at radius 3 is 3.00 bits per heavy atom. The van der Waals surface area contributed by atoms with Crippen LogP contribution in [0.1, 0.15) is 13.8 Å². The third kappa shape index (κ3) is 3.52. The van der Waals surface area contributed by atoms with E-state index < -0.39 is 0 Å². The highest BCUT2D eigenvalue weighted by Crippen LogP contribution is 2.27. The van der Waals surface area contributed by atoms with Crippen molar-refractivity contribution in [3.63, 3.8) is 0 Å². The van der Waals surface area contributed by atoms with Crippen LogP contribution in [-0.2, 0) is 4.79 Å². The number of hydrazine groups is 2.